The van der Waals surface area contributed by atoms with E-state index in [4.69, 9.17) is 4.74 Å². The molecule has 1 fully saturated rings. The molecule has 3 rings (SSSR count). The zero-order valence-electron chi connectivity index (χ0n) is 11.7. The molecular weight excluding hydrogens is 222 g/mol. The predicted molar refractivity (Wildman–Crippen MR) is 74.3 cm³/mol. The van der Waals surface area contributed by atoms with Crippen molar-refractivity contribution in [1.29, 1.82) is 0 Å². The summed E-state index contributed by atoms with van der Waals surface area (Å²) in [5.41, 5.74) is 3.54. The Balaban J connectivity index is 1.94. The van der Waals surface area contributed by atoms with Crippen molar-refractivity contribution in [3.8, 4) is 5.75 Å². The molecule has 0 spiro atoms. The van der Waals surface area contributed by atoms with Crippen molar-refractivity contribution in [1.82, 2.24) is 4.90 Å². The van der Waals surface area contributed by atoms with Crippen LogP contribution in [0.15, 0.2) is 18.2 Å². The molecule has 1 saturated heterocycles. The van der Waals surface area contributed by atoms with E-state index in [1.165, 1.54) is 37.9 Å². The summed E-state index contributed by atoms with van der Waals surface area (Å²) in [5, 5.41) is 0. The van der Waals surface area contributed by atoms with E-state index < -0.39 is 0 Å². The van der Waals surface area contributed by atoms with Gasteiger partial charge < -0.3 is 9.64 Å². The van der Waals surface area contributed by atoms with Gasteiger partial charge in [-0.2, -0.15) is 0 Å². The van der Waals surface area contributed by atoms with Gasteiger partial charge in [0, 0.05) is 6.54 Å². The average Bonchev–Trinajstić information content (AvgIpc) is 2.93. The number of methoxy groups -OCH3 is 1. The highest BCUT2D eigenvalue weighted by molar-refractivity contribution is 5.42. The molecule has 98 valence electrons. The summed E-state index contributed by atoms with van der Waals surface area (Å²) in [5.74, 6) is 1.73. The fraction of sp³-hybridized carbons (Fsp3) is 0.625. The highest BCUT2D eigenvalue weighted by Gasteiger charge is 2.42. The normalized spacial score (nSPS) is 31.6. The third kappa shape index (κ3) is 1.83. The van der Waals surface area contributed by atoms with Crippen LogP contribution in [0.4, 0.5) is 0 Å². The summed E-state index contributed by atoms with van der Waals surface area (Å²) in [7, 11) is 4.00. The molecule has 2 unspecified atom stereocenters. The zero-order valence-corrected chi connectivity index (χ0v) is 11.7. The second-order valence-corrected chi connectivity index (χ2v) is 6.30. The van der Waals surface area contributed by atoms with E-state index in [0.717, 1.165) is 5.75 Å². The van der Waals surface area contributed by atoms with Crippen LogP contribution in [0.3, 0.4) is 0 Å². The quantitative estimate of drug-likeness (QED) is 0.794. The number of hydrogen-bond acceptors (Lipinski definition) is 2. The van der Waals surface area contributed by atoms with Crippen molar-refractivity contribution in [2.75, 3.05) is 27.2 Å². The number of rotatable bonds is 2. The van der Waals surface area contributed by atoms with Crippen molar-refractivity contribution in [2.45, 2.75) is 32.1 Å². The summed E-state index contributed by atoms with van der Waals surface area (Å²) in [6.07, 6.45) is 3.88. The average molecular weight is 245 g/mol. The van der Waals surface area contributed by atoms with Gasteiger partial charge in [0.2, 0.25) is 0 Å². The van der Waals surface area contributed by atoms with Crippen LogP contribution in [-0.2, 0) is 6.42 Å². The van der Waals surface area contributed by atoms with Gasteiger partial charge in [-0.3, -0.25) is 0 Å². The Bertz CT molecular complexity index is 456. The van der Waals surface area contributed by atoms with Crippen LogP contribution in [0.5, 0.6) is 5.75 Å². The number of ether oxygens (including phenoxy) is 1. The first-order valence-electron chi connectivity index (χ1n) is 6.98. The maximum atomic E-state index is 5.39. The SMILES string of the molecule is COc1ccc2c(c1)C(C1(C)CCN(C)C1)CC2. The van der Waals surface area contributed by atoms with E-state index in [1.54, 1.807) is 12.7 Å². The van der Waals surface area contributed by atoms with Crippen LogP contribution in [0, 0.1) is 5.41 Å². The van der Waals surface area contributed by atoms with E-state index >= 15 is 0 Å². The molecule has 18 heavy (non-hydrogen) atoms. The first-order chi connectivity index (χ1) is 8.62. The summed E-state index contributed by atoms with van der Waals surface area (Å²) in [4.78, 5) is 2.47. The standard InChI is InChI=1S/C16H23NO/c1-16(8-9-17(2)11-16)15-7-5-12-4-6-13(18-3)10-14(12)15/h4,6,10,15H,5,7-9,11H2,1-3H3. The molecule has 2 heteroatoms. The summed E-state index contributed by atoms with van der Waals surface area (Å²) >= 11 is 0. The largest absolute Gasteiger partial charge is 0.497 e. The maximum absolute atomic E-state index is 5.39. The lowest BCUT2D eigenvalue weighted by Crippen LogP contribution is -2.27. The minimum absolute atomic E-state index is 0.451. The molecule has 2 atom stereocenters. The Morgan fingerprint density at radius 1 is 1.39 bits per heavy atom. The first kappa shape index (κ1) is 12.0. The topological polar surface area (TPSA) is 12.5 Å². The minimum atomic E-state index is 0.451. The van der Waals surface area contributed by atoms with Crippen molar-refractivity contribution in [3.05, 3.63) is 29.3 Å². The van der Waals surface area contributed by atoms with Crippen LogP contribution in [0.2, 0.25) is 0 Å². The third-order valence-electron chi connectivity index (χ3n) is 4.97. The number of aryl methyl sites for hydroxylation is 1. The summed E-state index contributed by atoms with van der Waals surface area (Å²) in [6, 6.07) is 6.64. The van der Waals surface area contributed by atoms with E-state index in [0.29, 0.717) is 11.3 Å². The van der Waals surface area contributed by atoms with Gasteiger partial charge in [0.1, 0.15) is 5.75 Å². The summed E-state index contributed by atoms with van der Waals surface area (Å²) in [6.45, 7) is 4.94. The van der Waals surface area contributed by atoms with Crippen molar-refractivity contribution < 1.29 is 4.74 Å². The van der Waals surface area contributed by atoms with E-state index in [9.17, 15) is 0 Å². The second-order valence-electron chi connectivity index (χ2n) is 6.30. The van der Waals surface area contributed by atoms with Gasteiger partial charge in [-0.15, -0.1) is 0 Å². The van der Waals surface area contributed by atoms with Crippen LogP contribution in [-0.4, -0.2) is 32.1 Å². The Hall–Kier alpha value is -1.02. The van der Waals surface area contributed by atoms with Gasteiger partial charge in [-0.05, 0) is 67.4 Å². The Morgan fingerprint density at radius 2 is 2.22 bits per heavy atom. The maximum Gasteiger partial charge on any atom is 0.119 e. The van der Waals surface area contributed by atoms with Crippen molar-refractivity contribution in [3.63, 3.8) is 0 Å². The Morgan fingerprint density at radius 3 is 2.89 bits per heavy atom. The highest BCUT2D eigenvalue weighted by atomic mass is 16.5. The van der Waals surface area contributed by atoms with E-state index in [1.807, 2.05) is 0 Å². The molecule has 0 amide bonds. The highest BCUT2D eigenvalue weighted by Crippen LogP contribution is 2.50. The molecule has 0 aromatic heterocycles. The molecule has 2 aliphatic rings. The molecule has 1 aliphatic carbocycles. The predicted octanol–water partition coefficient (Wildman–Crippen LogP) is 3.07. The van der Waals surface area contributed by atoms with E-state index in [-0.39, 0.29) is 0 Å². The number of fused-ring (bicyclic) bond motifs is 1. The lowest BCUT2D eigenvalue weighted by atomic mass is 9.73. The van der Waals surface area contributed by atoms with Crippen molar-refractivity contribution in [2.24, 2.45) is 5.41 Å². The molecular formula is C16H23NO. The number of likely N-dealkylation sites (tertiary alicyclic amines) is 1. The van der Waals surface area contributed by atoms with Crippen molar-refractivity contribution >= 4 is 0 Å². The lowest BCUT2D eigenvalue weighted by molar-refractivity contribution is 0.250. The van der Waals surface area contributed by atoms with Crippen LogP contribution >= 0.6 is 0 Å². The third-order valence-corrected chi connectivity index (χ3v) is 4.97. The fourth-order valence-electron chi connectivity index (χ4n) is 3.94. The number of benzene rings is 1. The smallest absolute Gasteiger partial charge is 0.119 e. The van der Waals surface area contributed by atoms with E-state index in [2.05, 4.69) is 37.1 Å². The molecule has 2 nitrogen and oxygen atoms in total. The van der Waals surface area contributed by atoms with Gasteiger partial charge in [0.15, 0.2) is 0 Å². The number of nitrogens with zero attached hydrogens (tertiary/aromatic N) is 1. The second kappa shape index (κ2) is 4.27. The molecule has 1 heterocycles. The molecule has 1 aliphatic heterocycles. The van der Waals surface area contributed by atoms with Gasteiger partial charge in [0.25, 0.3) is 0 Å². The zero-order chi connectivity index (χ0) is 12.8. The van der Waals surface area contributed by atoms with Gasteiger partial charge in [-0.25, -0.2) is 0 Å². The van der Waals surface area contributed by atoms with Crippen LogP contribution in [0.25, 0.3) is 0 Å². The monoisotopic (exact) mass is 245 g/mol. The summed E-state index contributed by atoms with van der Waals surface area (Å²) < 4.78 is 5.39. The molecule has 0 radical (unpaired) electrons. The first-order valence-corrected chi connectivity index (χ1v) is 6.98. The fourth-order valence-corrected chi connectivity index (χ4v) is 3.94. The number of hydrogen-bond donors (Lipinski definition) is 0. The molecule has 0 bridgehead atoms. The molecule has 0 saturated carbocycles. The lowest BCUT2D eigenvalue weighted by Gasteiger charge is -2.32. The Labute approximate surface area is 110 Å². The van der Waals surface area contributed by atoms with Crippen LogP contribution in [0.1, 0.15) is 36.8 Å². The molecule has 1 aromatic rings. The van der Waals surface area contributed by atoms with Gasteiger partial charge >= 0.3 is 0 Å². The molecule has 1 aromatic carbocycles. The minimum Gasteiger partial charge on any atom is -0.497 e. The molecule has 0 N–H and O–H groups in total. The van der Waals surface area contributed by atoms with Gasteiger partial charge in [-0.1, -0.05) is 13.0 Å². The van der Waals surface area contributed by atoms with Crippen LogP contribution < -0.4 is 4.74 Å². The Kier molecular flexibility index (Phi) is 2.86. The van der Waals surface area contributed by atoms with Gasteiger partial charge in [0.05, 0.1) is 7.11 Å².